The molecule has 0 saturated carbocycles. The van der Waals surface area contributed by atoms with Gasteiger partial charge in [-0.15, -0.1) is 0 Å². The van der Waals surface area contributed by atoms with Crippen LogP contribution >= 0.6 is 0 Å². The molecule has 120 valence electrons. The first-order valence-corrected chi connectivity index (χ1v) is 7.84. The summed E-state index contributed by atoms with van der Waals surface area (Å²) in [5.74, 6) is -2.73. The summed E-state index contributed by atoms with van der Waals surface area (Å²) in [5, 5.41) is 6.40. The van der Waals surface area contributed by atoms with Crippen molar-refractivity contribution in [2.24, 2.45) is 0 Å². The first-order chi connectivity index (χ1) is 9.29. The molecule has 0 radical (unpaired) electrons. The van der Waals surface area contributed by atoms with Gasteiger partial charge in [-0.2, -0.15) is 15.3 Å². The van der Waals surface area contributed by atoms with Crippen molar-refractivity contribution in [3.63, 3.8) is 0 Å². The van der Waals surface area contributed by atoms with E-state index in [0.29, 0.717) is 6.42 Å². The fourth-order valence-electron chi connectivity index (χ4n) is 1.26. The molecule has 0 aromatic heterocycles. The number of esters is 1. The maximum absolute atomic E-state index is 11.3. The smallest absolute Gasteiger partial charge is 0.481 e. The Morgan fingerprint density at radius 2 is 1.71 bits per heavy atom. The molecule has 0 aliphatic heterocycles. The summed E-state index contributed by atoms with van der Waals surface area (Å²) < 4.78 is 35.1. The summed E-state index contributed by atoms with van der Waals surface area (Å²) in [6.07, 6.45) is 2.37. The number of carbonyl (C=O) groups is 2. The third-order valence-corrected chi connectivity index (χ3v) is 3.30. The standard InChI is InChI=1S/C10H18O7S.C2H5.Na/c1-2-3-4-5-6-17-10(13)8(7-9(11)12)18(14,15)16;1-2;/h8H,2-7H2,1H3,(H,11,12)(H,14,15,16);1H2,2H3;/q;-1;+1. The Bertz CT molecular complexity index is 381. The third kappa shape index (κ3) is 14.5. The number of unbranched alkanes of at least 4 members (excludes halogenated alkanes) is 3. The molecule has 0 aliphatic rings. The predicted molar refractivity (Wildman–Crippen MR) is 73.7 cm³/mol. The van der Waals surface area contributed by atoms with E-state index in [9.17, 15) is 18.0 Å². The molecule has 0 fully saturated rings. The van der Waals surface area contributed by atoms with Crippen LogP contribution in [0.15, 0.2) is 0 Å². The van der Waals surface area contributed by atoms with Gasteiger partial charge >= 0.3 is 41.5 Å². The van der Waals surface area contributed by atoms with Crippen LogP contribution in [0.5, 0.6) is 0 Å². The van der Waals surface area contributed by atoms with E-state index in [1.165, 1.54) is 0 Å². The Morgan fingerprint density at radius 1 is 1.19 bits per heavy atom. The fourth-order valence-corrected chi connectivity index (χ4v) is 1.93. The van der Waals surface area contributed by atoms with Gasteiger partial charge < -0.3 is 16.8 Å². The van der Waals surface area contributed by atoms with Crippen LogP contribution in [0.2, 0.25) is 0 Å². The van der Waals surface area contributed by atoms with Gasteiger partial charge in [-0.3, -0.25) is 14.1 Å². The second-order valence-corrected chi connectivity index (χ2v) is 5.43. The van der Waals surface area contributed by atoms with Crippen molar-refractivity contribution in [2.45, 2.75) is 51.2 Å². The largest absolute Gasteiger partial charge is 1.00 e. The minimum atomic E-state index is -4.76. The van der Waals surface area contributed by atoms with Crippen molar-refractivity contribution in [1.29, 1.82) is 0 Å². The summed E-state index contributed by atoms with van der Waals surface area (Å²) in [7, 11) is -4.76. The van der Waals surface area contributed by atoms with Crippen LogP contribution in [-0.4, -0.2) is 41.9 Å². The van der Waals surface area contributed by atoms with Crippen molar-refractivity contribution in [1.82, 2.24) is 0 Å². The molecule has 0 aliphatic carbocycles. The van der Waals surface area contributed by atoms with Crippen LogP contribution in [0.4, 0.5) is 0 Å². The van der Waals surface area contributed by atoms with Crippen molar-refractivity contribution >= 4 is 22.1 Å². The minimum Gasteiger partial charge on any atom is -0.481 e. The molecule has 21 heavy (non-hydrogen) atoms. The maximum atomic E-state index is 11.3. The molecule has 0 spiro atoms. The molecule has 0 heterocycles. The molecule has 1 atom stereocenters. The first kappa shape index (κ1) is 25.8. The SMILES string of the molecule is CCCCCCOC(=O)C(CC(=O)O)S(=O)(=O)O.[CH2-]C.[Na+]. The molecule has 0 aromatic rings. The number of ether oxygens (including phenoxy) is 1. The van der Waals surface area contributed by atoms with Gasteiger partial charge in [0.05, 0.1) is 13.0 Å². The molecule has 0 bridgehead atoms. The molecule has 0 rings (SSSR count). The predicted octanol–water partition coefficient (Wildman–Crippen LogP) is -1.31. The van der Waals surface area contributed by atoms with Crippen LogP contribution in [0.1, 0.15) is 46.0 Å². The Kier molecular flexibility index (Phi) is 18.1. The van der Waals surface area contributed by atoms with E-state index < -0.39 is 33.7 Å². The van der Waals surface area contributed by atoms with Gasteiger partial charge in [-0.25, -0.2) is 0 Å². The van der Waals surface area contributed by atoms with Gasteiger partial charge in [0.2, 0.25) is 0 Å². The van der Waals surface area contributed by atoms with E-state index in [2.05, 4.69) is 11.7 Å². The van der Waals surface area contributed by atoms with Crippen LogP contribution in [0.3, 0.4) is 0 Å². The van der Waals surface area contributed by atoms with Crippen LogP contribution < -0.4 is 29.6 Å². The van der Waals surface area contributed by atoms with Crippen LogP contribution in [0.25, 0.3) is 0 Å². The van der Waals surface area contributed by atoms with Gasteiger partial charge in [-0.05, 0) is 6.42 Å². The van der Waals surface area contributed by atoms with E-state index in [1.54, 1.807) is 6.92 Å². The molecule has 0 amide bonds. The monoisotopic (exact) mass is 334 g/mol. The number of hydrogen-bond acceptors (Lipinski definition) is 5. The number of carboxylic acid groups (broad SMARTS) is 1. The molecule has 1 unspecified atom stereocenters. The van der Waals surface area contributed by atoms with E-state index in [-0.39, 0.29) is 36.2 Å². The van der Waals surface area contributed by atoms with Gasteiger partial charge in [-0.1, -0.05) is 26.2 Å². The quantitative estimate of drug-likeness (QED) is 0.177. The van der Waals surface area contributed by atoms with Crippen LogP contribution in [0, 0.1) is 6.92 Å². The minimum absolute atomic E-state index is 0. The van der Waals surface area contributed by atoms with Gasteiger partial charge in [0.25, 0.3) is 10.1 Å². The van der Waals surface area contributed by atoms with Crippen molar-refractivity contribution in [3.05, 3.63) is 6.92 Å². The molecule has 9 heteroatoms. The summed E-state index contributed by atoms with van der Waals surface area (Å²) in [6, 6.07) is 0. The number of aliphatic carboxylic acids is 1. The zero-order valence-electron chi connectivity index (χ0n) is 12.9. The molecule has 0 aromatic carbocycles. The molecule has 7 nitrogen and oxygen atoms in total. The average molecular weight is 334 g/mol. The zero-order valence-corrected chi connectivity index (χ0v) is 15.7. The zero-order chi connectivity index (χ0) is 16.2. The summed E-state index contributed by atoms with van der Waals surface area (Å²) in [6.45, 7) is 7.03. The number of rotatable bonds is 9. The number of hydrogen-bond donors (Lipinski definition) is 2. The van der Waals surface area contributed by atoms with E-state index in [1.807, 2.05) is 6.92 Å². The molecular weight excluding hydrogens is 311 g/mol. The number of carboxylic acids is 1. The molecule has 2 N–H and O–H groups in total. The van der Waals surface area contributed by atoms with Crippen molar-refractivity contribution in [3.8, 4) is 0 Å². The van der Waals surface area contributed by atoms with E-state index in [0.717, 1.165) is 19.3 Å². The maximum Gasteiger partial charge on any atom is 1.00 e. The summed E-state index contributed by atoms with van der Waals surface area (Å²) >= 11 is 0. The van der Waals surface area contributed by atoms with Crippen molar-refractivity contribution < 1.29 is 62.0 Å². The van der Waals surface area contributed by atoms with E-state index >= 15 is 0 Å². The summed E-state index contributed by atoms with van der Waals surface area (Å²) in [5.41, 5.74) is 0. The molecular formula is C12H23NaO7S. The van der Waals surface area contributed by atoms with Crippen LogP contribution in [-0.2, 0) is 24.4 Å². The Morgan fingerprint density at radius 3 is 2.10 bits per heavy atom. The second-order valence-electron chi connectivity index (χ2n) is 3.83. The Labute approximate surface area is 148 Å². The summed E-state index contributed by atoms with van der Waals surface area (Å²) in [4.78, 5) is 21.7. The first-order valence-electron chi connectivity index (χ1n) is 6.34. The van der Waals surface area contributed by atoms with Gasteiger partial charge in [0.15, 0.2) is 5.25 Å². The van der Waals surface area contributed by atoms with Gasteiger partial charge in [0.1, 0.15) is 0 Å². The number of carbonyl (C=O) groups excluding carboxylic acids is 1. The van der Waals surface area contributed by atoms with Crippen molar-refractivity contribution in [2.75, 3.05) is 6.61 Å². The fraction of sp³-hybridized carbons (Fsp3) is 0.750. The molecule has 0 saturated heterocycles. The average Bonchev–Trinajstić information content (AvgIpc) is 2.36. The third-order valence-electron chi connectivity index (χ3n) is 2.22. The normalized spacial score (nSPS) is 11.4. The second kappa shape index (κ2) is 14.8. The Balaban J connectivity index is -0.00000103. The van der Waals surface area contributed by atoms with E-state index in [4.69, 9.17) is 9.66 Å². The topological polar surface area (TPSA) is 118 Å². The van der Waals surface area contributed by atoms with Gasteiger partial charge in [0, 0.05) is 0 Å². The Hall–Kier alpha value is -0.150.